The minimum absolute atomic E-state index is 0.102. The lowest BCUT2D eigenvalue weighted by molar-refractivity contribution is -0.116. The molecule has 1 aromatic rings. The molecule has 2 N–H and O–H groups in total. The fourth-order valence-corrected chi connectivity index (χ4v) is 2.35. The number of carbonyl (C=O) groups is 2. The summed E-state index contributed by atoms with van der Waals surface area (Å²) in [5, 5.41) is 5.44. The normalized spacial score (nSPS) is 17.2. The van der Waals surface area contributed by atoms with Crippen LogP contribution in [-0.4, -0.2) is 24.0 Å². The lowest BCUT2D eigenvalue weighted by atomic mass is 10.2. The predicted molar refractivity (Wildman–Crippen MR) is 77.8 cm³/mol. The Morgan fingerprint density at radius 3 is 2.52 bits per heavy atom. The van der Waals surface area contributed by atoms with Crippen LogP contribution in [0.25, 0.3) is 0 Å². The molecular weight excluding hydrogens is 273 g/mol. The van der Waals surface area contributed by atoms with E-state index in [4.69, 9.17) is 0 Å². The van der Waals surface area contributed by atoms with Crippen molar-refractivity contribution in [2.75, 3.05) is 10.2 Å². The first-order chi connectivity index (χ1) is 10.0. The van der Waals surface area contributed by atoms with E-state index < -0.39 is 5.82 Å². The van der Waals surface area contributed by atoms with E-state index in [1.807, 2.05) is 0 Å². The van der Waals surface area contributed by atoms with E-state index in [1.165, 1.54) is 19.1 Å². The highest BCUT2D eigenvalue weighted by Crippen LogP contribution is 2.36. The monoisotopic (exact) mass is 291 g/mol. The number of hydrogen-bond donors (Lipinski definition) is 2. The van der Waals surface area contributed by atoms with Gasteiger partial charge in [-0.15, -0.1) is 0 Å². The van der Waals surface area contributed by atoms with Gasteiger partial charge in [-0.3, -0.25) is 4.79 Å². The van der Waals surface area contributed by atoms with Crippen molar-refractivity contribution in [2.45, 2.75) is 44.7 Å². The van der Waals surface area contributed by atoms with Gasteiger partial charge in [-0.2, -0.15) is 0 Å². The third-order valence-corrected chi connectivity index (χ3v) is 3.63. The van der Waals surface area contributed by atoms with E-state index in [0.29, 0.717) is 11.4 Å². The van der Waals surface area contributed by atoms with Gasteiger partial charge in [0.05, 0.1) is 11.4 Å². The van der Waals surface area contributed by atoms with Crippen LogP contribution >= 0.6 is 0 Å². The summed E-state index contributed by atoms with van der Waals surface area (Å²) in [6.07, 6.45) is 3.82. The fourth-order valence-electron chi connectivity index (χ4n) is 2.35. The molecular formula is C15H18FN3O2. The summed E-state index contributed by atoms with van der Waals surface area (Å²) in [4.78, 5) is 25.3. The first-order valence-electron chi connectivity index (χ1n) is 7.21. The van der Waals surface area contributed by atoms with Crippen molar-refractivity contribution in [3.63, 3.8) is 0 Å². The number of halogens is 1. The number of hydrogen-bond acceptors (Lipinski definition) is 2. The molecule has 3 amide bonds. The molecule has 0 spiro atoms. The van der Waals surface area contributed by atoms with E-state index in [0.717, 1.165) is 25.7 Å². The number of amides is 3. The SMILES string of the molecule is CC(=O)N(c1ccc(F)cc1NC(=O)NC1CC1)C1CC1. The molecule has 0 aromatic heterocycles. The summed E-state index contributed by atoms with van der Waals surface area (Å²) in [6, 6.07) is 4.11. The van der Waals surface area contributed by atoms with Crippen LogP contribution in [0.2, 0.25) is 0 Å². The first-order valence-corrected chi connectivity index (χ1v) is 7.21. The Balaban J connectivity index is 1.84. The average molecular weight is 291 g/mol. The smallest absolute Gasteiger partial charge is 0.319 e. The van der Waals surface area contributed by atoms with Crippen molar-refractivity contribution < 1.29 is 14.0 Å². The van der Waals surface area contributed by atoms with Gasteiger partial charge in [-0.25, -0.2) is 9.18 Å². The van der Waals surface area contributed by atoms with Crippen molar-refractivity contribution in [2.24, 2.45) is 0 Å². The zero-order valence-corrected chi connectivity index (χ0v) is 11.9. The molecule has 6 heteroatoms. The van der Waals surface area contributed by atoms with Crippen molar-refractivity contribution in [1.29, 1.82) is 0 Å². The van der Waals surface area contributed by atoms with Crippen LogP contribution in [0.4, 0.5) is 20.6 Å². The quantitative estimate of drug-likeness (QED) is 0.895. The highest BCUT2D eigenvalue weighted by atomic mass is 19.1. The lowest BCUT2D eigenvalue weighted by Crippen LogP contribution is -2.34. The average Bonchev–Trinajstić information content (AvgIpc) is 3.26. The van der Waals surface area contributed by atoms with Gasteiger partial charge in [0.25, 0.3) is 0 Å². The van der Waals surface area contributed by atoms with Gasteiger partial charge < -0.3 is 15.5 Å². The standard InChI is InChI=1S/C15H18FN3O2/c1-9(20)19(12-5-6-12)14-7-2-10(16)8-13(14)18-15(21)17-11-3-4-11/h2,7-8,11-12H,3-6H2,1H3,(H2,17,18,21). The molecule has 112 valence electrons. The Hall–Kier alpha value is -2.11. The molecule has 2 fully saturated rings. The van der Waals surface area contributed by atoms with Gasteiger partial charge in [0.15, 0.2) is 0 Å². The Morgan fingerprint density at radius 1 is 1.24 bits per heavy atom. The van der Waals surface area contributed by atoms with Crippen molar-refractivity contribution >= 4 is 23.3 Å². The summed E-state index contributed by atoms with van der Waals surface area (Å²) in [5.74, 6) is -0.547. The van der Waals surface area contributed by atoms with E-state index >= 15 is 0 Å². The van der Waals surface area contributed by atoms with Gasteiger partial charge in [0.2, 0.25) is 5.91 Å². The first kappa shape index (κ1) is 13.9. The van der Waals surface area contributed by atoms with Gasteiger partial charge in [-0.05, 0) is 43.9 Å². The molecule has 5 nitrogen and oxygen atoms in total. The van der Waals surface area contributed by atoms with Crippen molar-refractivity contribution in [3.05, 3.63) is 24.0 Å². The maximum Gasteiger partial charge on any atom is 0.319 e. The Kier molecular flexibility index (Phi) is 3.53. The predicted octanol–water partition coefficient (Wildman–Crippen LogP) is 2.62. The van der Waals surface area contributed by atoms with Crippen LogP contribution in [0, 0.1) is 5.82 Å². The number of rotatable bonds is 4. The second-order valence-corrected chi connectivity index (χ2v) is 5.65. The number of urea groups is 1. The molecule has 21 heavy (non-hydrogen) atoms. The molecule has 1 aromatic carbocycles. The highest BCUT2D eigenvalue weighted by Gasteiger charge is 2.33. The van der Waals surface area contributed by atoms with Crippen LogP contribution in [0.15, 0.2) is 18.2 Å². The van der Waals surface area contributed by atoms with Gasteiger partial charge in [0.1, 0.15) is 5.82 Å². The Bertz CT molecular complexity index is 582. The number of nitrogens with one attached hydrogen (secondary N) is 2. The van der Waals surface area contributed by atoms with Crippen LogP contribution in [-0.2, 0) is 4.79 Å². The lowest BCUT2D eigenvalue weighted by Gasteiger charge is -2.24. The number of benzene rings is 1. The van der Waals surface area contributed by atoms with E-state index in [2.05, 4.69) is 10.6 Å². The zero-order valence-electron chi connectivity index (χ0n) is 11.9. The highest BCUT2D eigenvalue weighted by molar-refractivity contribution is 6.00. The van der Waals surface area contributed by atoms with Crippen LogP contribution < -0.4 is 15.5 Å². The summed E-state index contributed by atoms with van der Waals surface area (Å²) in [7, 11) is 0. The topological polar surface area (TPSA) is 61.4 Å². The van der Waals surface area contributed by atoms with Gasteiger partial charge in [0, 0.05) is 19.0 Å². The van der Waals surface area contributed by atoms with E-state index in [-0.39, 0.29) is 24.0 Å². The number of nitrogens with zero attached hydrogens (tertiary/aromatic N) is 1. The molecule has 0 atom stereocenters. The molecule has 0 bridgehead atoms. The van der Waals surface area contributed by atoms with Crippen molar-refractivity contribution in [3.8, 4) is 0 Å². The fraction of sp³-hybridized carbons (Fsp3) is 0.467. The molecule has 2 aliphatic rings. The van der Waals surface area contributed by atoms with E-state index in [9.17, 15) is 14.0 Å². The molecule has 3 rings (SSSR count). The van der Waals surface area contributed by atoms with E-state index in [1.54, 1.807) is 11.0 Å². The van der Waals surface area contributed by atoms with Crippen LogP contribution in [0.5, 0.6) is 0 Å². The molecule has 2 saturated carbocycles. The molecule has 2 aliphatic carbocycles. The molecule has 0 saturated heterocycles. The zero-order chi connectivity index (χ0) is 15.0. The molecule has 0 aliphatic heterocycles. The van der Waals surface area contributed by atoms with Crippen LogP contribution in [0.1, 0.15) is 32.6 Å². The Labute approximate surface area is 122 Å². The second-order valence-electron chi connectivity index (χ2n) is 5.65. The second kappa shape index (κ2) is 5.35. The van der Waals surface area contributed by atoms with Gasteiger partial charge in [-0.1, -0.05) is 0 Å². The third kappa shape index (κ3) is 3.32. The molecule has 0 heterocycles. The maximum atomic E-state index is 13.5. The summed E-state index contributed by atoms with van der Waals surface area (Å²) >= 11 is 0. The molecule has 0 radical (unpaired) electrons. The van der Waals surface area contributed by atoms with Crippen molar-refractivity contribution in [1.82, 2.24) is 5.32 Å². The summed E-state index contributed by atoms with van der Waals surface area (Å²) in [6.45, 7) is 1.48. The summed E-state index contributed by atoms with van der Waals surface area (Å²) < 4.78 is 13.5. The molecule has 0 unspecified atom stereocenters. The summed E-state index contributed by atoms with van der Waals surface area (Å²) in [5.41, 5.74) is 0.882. The van der Waals surface area contributed by atoms with Gasteiger partial charge >= 0.3 is 6.03 Å². The largest absolute Gasteiger partial charge is 0.335 e. The van der Waals surface area contributed by atoms with Crippen LogP contribution in [0.3, 0.4) is 0 Å². The number of carbonyl (C=O) groups excluding carboxylic acids is 2. The minimum Gasteiger partial charge on any atom is -0.335 e. The minimum atomic E-state index is -0.445. The Morgan fingerprint density at radius 2 is 1.95 bits per heavy atom. The number of anilines is 2. The maximum absolute atomic E-state index is 13.5. The third-order valence-electron chi connectivity index (χ3n) is 3.63.